The van der Waals surface area contributed by atoms with Gasteiger partial charge in [-0.05, 0) is 35.7 Å². The summed E-state index contributed by atoms with van der Waals surface area (Å²) < 4.78 is 5.25. The summed E-state index contributed by atoms with van der Waals surface area (Å²) in [4.78, 5) is 31.1. The normalized spacial score (nSPS) is 10.8. The molecule has 0 spiro atoms. The number of benzene rings is 1. The van der Waals surface area contributed by atoms with Gasteiger partial charge in [-0.1, -0.05) is 18.2 Å². The van der Waals surface area contributed by atoms with E-state index >= 15 is 0 Å². The van der Waals surface area contributed by atoms with Gasteiger partial charge in [0.1, 0.15) is 12.3 Å². The number of aromatic amines is 2. The van der Waals surface area contributed by atoms with Gasteiger partial charge in [-0.25, -0.2) is 4.79 Å². The minimum absolute atomic E-state index is 0.125. The maximum absolute atomic E-state index is 12.2. The number of nitrogens with zero attached hydrogens (tertiary/aromatic N) is 2. The molecule has 0 bridgehead atoms. The summed E-state index contributed by atoms with van der Waals surface area (Å²) >= 11 is 0. The van der Waals surface area contributed by atoms with Crippen LogP contribution in [0.15, 0.2) is 65.7 Å². The quantitative estimate of drug-likeness (QED) is 0.553. The second kappa shape index (κ2) is 6.64. The maximum atomic E-state index is 12.2. The molecule has 0 unspecified atom stereocenters. The largest absolute Gasteiger partial charge is 0.456 e. The van der Waals surface area contributed by atoms with E-state index in [0.29, 0.717) is 11.3 Å². The first-order valence-corrected chi connectivity index (χ1v) is 7.94. The first-order chi connectivity index (χ1) is 12.7. The molecule has 0 saturated heterocycles. The van der Waals surface area contributed by atoms with Crippen molar-refractivity contribution >= 4 is 16.9 Å². The molecule has 0 aliphatic heterocycles. The minimum Gasteiger partial charge on any atom is -0.456 e. The maximum Gasteiger partial charge on any atom is 0.356 e. The lowest BCUT2D eigenvalue weighted by Gasteiger charge is -2.04. The van der Waals surface area contributed by atoms with Gasteiger partial charge in [0.25, 0.3) is 5.56 Å². The van der Waals surface area contributed by atoms with Crippen LogP contribution >= 0.6 is 0 Å². The SMILES string of the molecule is O=C(OCc1cc2ccccc2[nH]c1=O)c1cc(-c2cccnc2)n[nH]1. The average Bonchev–Trinajstić information content (AvgIpc) is 3.17. The highest BCUT2D eigenvalue weighted by Gasteiger charge is 2.14. The van der Waals surface area contributed by atoms with E-state index in [0.717, 1.165) is 16.5 Å². The second-order valence-electron chi connectivity index (χ2n) is 5.70. The molecule has 0 fully saturated rings. The fourth-order valence-electron chi connectivity index (χ4n) is 2.61. The predicted octanol–water partition coefficient (Wildman–Crippen LogP) is 2.67. The van der Waals surface area contributed by atoms with E-state index in [9.17, 15) is 9.59 Å². The van der Waals surface area contributed by atoms with Gasteiger partial charge < -0.3 is 9.72 Å². The molecule has 7 heteroatoms. The highest BCUT2D eigenvalue weighted by atomic mass is 16.5. The van der Waals surface area contributed by atoms with Gasteiger partial charge >= 0.3 is 5.97 Å². The molecule has 3 heterocycles. The standard InChI is InChI=1S/C19H14N4O3/c24-18-14(8-12-4-1-2-6-15(12)21-18)11-26-19(25)17-9-16(22-23-17)13-5-3-7-20-10-13/h1-10H,11H2,(H,21,24)(H,22,23). The molecular formula is C19H14N4O3. The van der Waals surface area contributed by atoms with E-state index in [1.165, 1.54) is 0 Å². The number of pyridine rings is 2. The van der Waals surface area contributed by atoms with Gasteiger partial charge in [0.05, 0.1) is 11.3 Å². The molecule has 0 amide bonds. The van der Waals surface area contributed by atoms with Gasteiger partial charge in [0, 0.05) is 23.5 Å². The third-order valence-corrected chi connectivity index (χ3v) is 3.94. The van der Waals surface area contributed by atoms with Gasteiger partial charge in [-0.2, -0.15) is 5.10 Å². The van der Waals surface area contributed by atoms with Crippen molar-refractivity contribution in [2.24, 2.45) is 0 Å². The van der Waals surface area contributed by atoms with Crippen LogP contribution in [0.25, 0.3) is 22.2 Å². The third-order valence-electron chi connectivity index (χ3n) is 3.94. The highest BCUT2D eigenvalue weighted by Crippen LogP contribution is 2.17. The summed E-state index contributed by atoms with van der Waals surface area (Å²) in [6, 6.07) is 14.3. The Kier molecular flexibility index (Phi) is 4.03. The number of esters is 1. The molecule has 0 radical (unpaired) electrons. The summed E-state index contributed by atoms with van der Waals surface area (Å²) in [7, 11) is 0. The molecule has 128 valence electrons. The highest BCUT2D eigenvalue weighted by molar-refractivity contribution is 5.88. The van der Waals surface area contributed by atoms with E-state index in [1.54, 1.807) is 30.6 Å². The fourth-order valence-corrected chi connectivity index (χ4v) is 2.61. The molecule has 3 aromatic heterocycles. The summed E-state index contributed by atoms with van der Waals surface area (Å²) in [5, 5.41) is 7.61. The van der Waals surface area contributed by atoms with Crippen molar-refractivity contribution in [1.82, 2.24) is 20.2 Å². The zero-order chi connectivity index (χ0) is 17.9. The van der Waals surface area contributed by atoms with E-state index in [1.807, 2.05) is 30.3 Å². The molecule has 2 N–H and O–H groups in total. The van der Waals surface area contributed by atoms with Crippen LogP contribution in [0, 0.1) is 0 Å². The van der Waals surface area contributed by atoms with Crippen molar-refractivity contribution in [1.29, 1.82) is 0 Å². The summed E-state index contributed by atoms with van der Waals surface area (Å²) in [6.45, 7) is -0.125. The lowest BCUT2D eigenvalue weighted by atomic mass is 10.1. The number of aromatic nitrogens is 4. The molecule has 0 aliphatic rings. The Morgan fingerprint density at radius 2 is 2.00 bits per heavy atom. The summed E-state index contributed by atoms with van der Waals surface area (Å²) in [6.07, 6.45) is 3.31. The first-order valence-electron chi connectivity index (χ1n) is 7.94. The molecule has 0 saturated carbocycles. The number of hydrogen-bond donors (Lipinski definition) is 2. The van der Waals surface area contributed by atoms with Crippen molar-refractivity contribution in [2.75, 3.05) is 0 Å². The minimum atomic E-state index is -0.583. The van der Waals surface area contributed by atoms with Crippen LogP contribution in [0.1, 0.15) is 16.1 Å². The molecule has 26 heavy (non-hydrogen) atoms. The van der Waals surface area contributed by atoms with Crippen LogP contribution < -0.4 is 5.56 Å². The lowest BCUT2D eigenvalue weighted by molar-refractivity contribution is 0.0464. The number of carbonyl (C=O) groups is 1. The van der Waals surface area contributed by atoms with Crippen LogP contribution in [0.3, 0.4) is 0 Å². The Hall–Kier alpha value is -3.74. The number of nitrogens with one attached hydrogen (secondary N) is 2. The monoisotopic (exact) mass is 346 g/mol. The molecular weight excluding hydrogens is 332 g/mol. The second-order valence-corrected chi connectivity index (χ2v) is 5.70. The number of carbonyl (C=O) groups excluding carboxylic acids is 1. The zero-order valence-corrected chi connectivity index (χ0v) is 13.6. The van der Waals surface area contributed by atoms with Crippen LogP contribution in [0.4, 0.5) is 0 Å². The van der Waals surface area contributed by atoms with E-state index < -0.39 is 5.97 Å². The first kappa shape index (κ1) is 15.8. The average molecular weight is 346 g/mol. The Morgan fingerprint density at radius 1 is 1.12 bits per heavy atom. The lowest BCUT2D eigenvalue weighted by Crippen LogP contribution is -2.15. The number of hydrogen-bond acceptors (Lipinski definition) is 5. The van der Waals surface area contributed by atoms with Crippen molar-refractivity contribution in [2.45, 2.75) is 6.61 Å². The van der Waals surface area contributed by atoms with E-state index in [2.05, 4.69) is 20.2 Å². The van der Waals surface area contributed by atoms with Crippen molar-refractivity contribution in [3.63, 3.8) is 0 Å². The topological polar surface area (TPSA) is 101 Å². The molecule has 1 aromatic carbocycles. The van der Waals surface area contributed by atoms with Gasteiger partial charge in [-0.3, -0.25) is 14.9 Å². The van der Waals surface area contributed by atoms with Gasteiger partial charge in [0.2, 0.25) is 0 Å². The predicted molar refractivity (Wildman–Crippen MR) is 95.5 cm³/mol. The Bertz CT molecular complexity index is 1130. The Labute approximate surface area is 147 Å². The zero-order valence-electron chi connectivity index (χ0n) is 13.6. The van der Waals surface area contributed by atoms with Crippen molar-refractivity contribution in [3.05, 3.63) is 82.5 Å². The third kappa shape index (κ3) is 3.10. The van der Waals surface area contributed by atoms with Crippen LogP contribution in [-0.2, 0) is 11.3 Å². The summed E-state index contributed by atoms with van der Waals surface area (Å²) in [5.74, 6) is -0.583. The molecule has 4 rings (SSSR count). The van der Waals surface area contributed by atoms with E-state index in [-0.39, 0.29) is 17.9 Å². The fraction of sp³-hybridized carbons (Fsp3) is 0.0526. The Balaban J connectivity index is 1.50. The van der Waals surface area contributed by atoms with Crippen LogP contribution in [0.5, 0.6) is 0 Å². The van der Waals surface area contributed by atoms with Gasteiger partial charge in [0.15, 0.2) is 0 Å². The van der Waals surface area contributed by atoms with Crippen LogP contribution in [0.2, 0.25) is 0 Å². The molecule has 0 aliphatic carbocycles. The summed E-state index contributed by atoms with van der Waals surface area (Å²) in [5.41, 5.74) is 2.42. The number of para-hydroxylation sites is 1. The van der Waals surface area contributed by atoms with Crippen LogP contribution in [-0.4, -0.2) is 26.1 Å². The van der Waals surface area contributed by atoms with Gasteiger partial charge in [-0.15, -0.1) is 0 Å². The molecule has 7 nitrogen and oxygen atoms in total. The van der Waals surface area contributed by atoms with Crippen molar-refractivity contribution < 1.29 is 9.53 Å². The molecule has 4 aromatic rings. The number of ether oxygens (including phenoxy) is 1. The number of fused-ring (bicyclic) bond motifs is 1. The Morgan fingerprint density at radius 3 is 2.85 bits per heavy atom. The number of rotatable bonds is 4. The van der Waals surface area contributed by atoms with Crippen molar-refractivity contribution in [3.8, 4) is 11.3 Å². The number of H-pyrrole nitrogens is 2. The molecule has 0 atom stereocenters. The van der Waals surface area contributed by atoms with E-state index in [4.69, 9.17) is 4.74 Å². The smallest absolute Gasteiger partial charge is 0.356 e.